The van der Waals surface area contributed by atoms with Crippen LogP contribution in [0.15, 0.2) is 30.3 Å². The lowest BCUT2D eigenvalue weighted by atomic mass is 9.84. The van der Waals surface area contributed by atoms with E-state index >= 15 is 0 Å². The lowest BCUT2D eigenvalue weighted by Crippen LogP contribution is -2.45. The van der Waals surface area contributed by atoms with Crippen LogP contribution in [0.1, 0.15) is 37.2 Å². The van der Waals surface area contributed by atoms with Crippen molar-refractivity contribution in [3.05, 3.63) is 35.9 Å². The molecule has 5 nitrogen and oxygen atoms in total. The third-order valence-corrected chi connectivity index (χ3v) is 7.23. The van der Waals surface area contributed by atoms with Gasteiger partial charge in [0.05, 0.1) is 17.2 Å². The Morgan fingerprint density at radius 1 is 1.25 bits per heavy atom. The van der Waals surface area contributed by atoms with Crippen molar-refractivity contribution in [1.29, 1.82) is 5.26 Å². The first-order valence-electron chi connectivity index (χ1n) is 8.56. The van der Waals surface area contributed by atoms with Gasteiger partial charge in [0, 0.05) is 26.3 Å². The van der Waals surface area contributed by atoms with Gasteiger partial charge >= 0.3 is 0 Å². The first-order chi connectivity index (χ1) is 11.5. The molecule has 0 spiro atoms. The fourth-order valence-corrected chi connectivity index (χ4v) is 5.73. The van der Waals surface area contributed by atoms with Gasteiger partial charge in [-0.3, -0.25) is 0 Å². The summed E-state index contributed by atoms with van der Waals surface area (Å²) in [6.07, 6.45) is 2.87. The molecule has 2 saturated heterocycles. The number of hydrogen-bond acceptors (Lipinski definition) is 4. The van der Waals surface area contributed by atoms with Gasteiger partial charge < -0.3 is 4.74 Å². The molecule has 0 amide bonds. The van der Waals surface area contributed by atoms with E-state index in [9.17, 15) is 13.7 Å². The van der Waals surface area contributed by atoms with Crippen LogP contribution in [0.25, 0.3) is 0 Å². The predicted octanol–water partition coefficient (Wildman–Crippen LogP) is 2.52. The third kappa shape index (κ3) is 3.80. The van der Waals surface area contributed by atoms with Gasteiger partial charge in [-0.15, -0.1) is 0 Å². The number of ether oxygens (including phenoxy) is 1. The zero-order valence-corrected chi connectivity index (χ0v) is 14.7. The monoisotopic (exact) mass is 348 g/mol. The molecule has 1 aromatic rings. The minimum absolute atomic E-state index is 0.0820. The molecule has 6 heteroatoms. The molecule has 0 radical (unpaired) electrons. The van der Waals surface area contributed by atoms with Crippen molar-refractivity contribution in [2.75, 3.05) is 32.1 Å². The smallest absolute Gasteiger partial charge is 0.215 e. The van der Waals surface area contributed by atoms with Gasteiger partial charge in [-0.2, -0.15) is 5.26 Å². The Bertz CT molecular complexity index is 691. The van der Waals surface area contributed by atoms with Gasteiger partial charge in [0.1, 0.15) is 0 Å². The fourth-order valence-electron chi connectivity index (χ4n) is 3.68. The first-order valence-corrected chi connectivity index (χ1v) is 10.2. The highest BCUT2D eigenvalue weighted by Crippen LogP contribution is 2.34. The molecule has 3 rings (SSSR count). The van der Waals surface area contributed by atoms with Crippen molar-refractivity contribution in [2.45, 2.75) is 31.6 Å². The van der Waals surface area contributed by atoms with E-state index in [-0.39, 0.29) is 11.7 Å². The van der Waals surface area contributed by atoms with Crippen molar-refractivity contribution in [1.82, 2.24) is 4.31 Å². The van der Waals surface area contributed by atoms with E-state index in [1.165, 1.54) is 5.56 Å². The lowest BCUT2D eigenvalue weighted by Gasteiger charge is -2.36. The molecule has 1 atom stereocenters. The molecule has 0 bridgehead atoms. The molecule has 2 aliphatic heterocycles. The van der Waals surface area contributed by atoms with Gasteiger partial charge in [-0.05, 0) is 37.2 Å². The Balaban J connectivity index is 1.73. The lowest BCUT2D eigenvalue weighted by molar-refractivity contribution is 0.0486. The first kappa shape index (κ1) is 17.4. The molecule has 2 fully saturated rings. The van der Waals surface area contributed by atoms with Gasteiger partial charge in [-0.1, -0.05) is 30.3 Å². The van der Waals surface area contributed by atoms with Crippen molar-refractivity contribution in [3.8, 4) is 6.07 Å². The van der Waals surface area contributed by atoms with Crippen LogP contribution in [0.3, 0.4) is 0 Å². The van der Waals surface area contributed by atoms with Gasteiger partial charge in [0.2, 0.25) is 10.0 Å². The quantitative estimate of drug-likeness (QED) is 0.838. The van der Waals surface area contributed by atoms with Crippen LogP contribution < -0.4 is 0 Å². The maximum atomic E-state index is 12.9. The zero-order chi connectivity index (χ0) is 17.0. The number of hydrogen-bond donors (Lipinski definition) is 0. The summed E-state index contributed by atoms with van der Waals surface area (Å²) >= 11 is 0. The van der Waals surface area contributed by atoms with Gasteiger partial charge in [0.25, 0.3) is 0 Å². The molecule has 24 heavy (non-hydrogen) atoms. The van der Waals surface area contributed by atoms with Gasteiger partial charge in [0.15, 0.2) is 0 Å². The Morgan fingerprint density at radius 3 is 2.62 bits per heavy atom. The SMILES string of the molecule is N#CC1(CS(=O)(=O)N2CCCC(c3ccccc3)C2)CCOCC1. The van der Waals surface area contributed by atoms with E-state index in [1.807, 2.05) is 18.2 Å². The minimum atomic E-state index is -3.44. The highest BCUT2D eigenvalue weighted by atomic mass is 32.2. The number of benzene rings is 1. The summed E-state index contributed by atoms with van der Waals surface area (Å²) < 4.78 is 32.8. The minimum Gasteiger partial charge on any atom is -0.381 e. The summed E-state index contributed by atoms with van der Waals surface area (Å²) in [7, 11) is -3.44. The topological polar surface area (TPSA) is 70.4 Å². The Morgan fingerprint density at radius 2 is 1.96 bits per heavy atom. The van der Waals surface area contributed by atoms with Crippen LogP contribution in [0.2, 0.25) is 0 Å². The van der Waals surface area contributed by atoms with Crippen LogP contribution in [0, 0.1) is 16.7 Å². The summed E-state index contributed by atoms with van der Waals surface area (Å²) in [5.41, 5.74) is 0.398. The number of nitriles is 1. The van der Waals surface area contributed by atoms with Crippen LogP contribution >= 0.6 is 0 Å². The summed E-state index contributed by atoms with van der Waals surface area (Å²) in [5.74, 6) is 0.156. The average molecular weight is 348 g/mol. The number of sulfonamides is 1. The molecule has 130 valence electrons. The molecule has 0 saturated carbocycles. The van der Waals surface area contributed by atoms with E-state index in [0.29, 0.717) is 39.1 Å². The molecule has 0 aromatic heterocycles. The van der Waals surface area contributed by atoms with E-state index < -0.39 is 15.4 Å². The van der Waals surface area contributed by atoms with Gasteiger partial charge in [-0.25, -0.2) is 12.7 Å². The zero-order valence-electron chi connectivity index (χ0n) is 13.9. The normalized spacial score (nSPS) is 25.0. The highest BCUT2D eigenvalue weighted by Gasteiger charge is 2.40. The maximum absolute atomic E-state index is 12.9. The second-order valence-electron chi connectivity index (χ2n) is 6.87. The van der Waals surface area contributed by atoms with Crippen molar-refractivity contribution >= 4 is 10.0 Å². The maximum Gasteiger partial charge on any atom is 0.215 e. The van der Waals surface area contributed by atoms with Crippen LogP contribution in [0.5, 0.6) is 0 Å². The second-order valence-corrected chi connectivity index (χ2v) is 8.84. The van der Waals surface area contributed by atoms with E-state index in [0.717, 1.165) is 12.8 Å². The van der Waals surface area contributed by atoms with E-state index in [1.54, 1.807) is 4.31 Å². The standard InChI is InChI=1S/C18H24N2O3S/c19-14-18(8-11-23-12-9-18)15-24(21,22)20-10-4-7-17(13-20)16-5-2-1-3-6-16/h1-3,5-6,17H,4,7-13,15H2. The molecule has 0 N–H and O–H groups in total. The molecular formula is C18H24N2O3S. The van der Waals surface area contributed by atoms with Crippen LogP contribution in [-0.2, 0) is 14.8 Å². The third-order valence-electron chi connectivity index (χ3n) is 5.19. The van der Waals surface area contributed by atoms with E-state index in [4.69, 9.17) is 4.74 Å². The summed E-state index contributed by atoms with van der Waals surface area (Å²) in [6.45, 7) is 2.01. The van der Waals surface area contributed by atoms with Crippen molar-refractivity contribution in [2.24, 2.45) is 5.41 Å². The summed E-state index contributed by atoms with van der Waals surface area (Å²) in [5, 5.41) is 9.54. The predicted molar refractivity (Wildman–Crippen MR) is 91.9 cm³/mol. The number of piperidine rings is 1. The van der Waals surface area contributed by atoms with Crippen molar-refractivity contribution < 1.29 is 13.2 Å². The Kier molecular flexibility index (Phi) is 5.24. The molecule has 1 unspecified atom stereocenters. The summed E-state index contributed by atoms with van der Waals surface area (Å²) in [6, 6.07) is 12.4. The fraction of sp³-hybridized carbons (Fsp3) is 0.611. The highest BCUT2D eigenvalue weighted by molar-refractivity contribution is 7.89. The largest absolute Gasteiger partial charge is 0.381 e. The average Bonchev–Trinajstić information content (AvgIpc) is 2.63. The van der Waals surface area contributed by atoms with E-state index in [2.05, 4.69) is 18.2 Å². The van der Waals surface area contributed by atoms with Crippen LogP contribution in [0.4, 0.5) is 0 Å². The van der Waals surface area contributed by atoms with Crippen molar-refractivity contribution in [3.63, 3.8) is 0 Å². The molecule has 1 aromatic carbocycles. The number of nitrogens with zero attached hydrogens (tertiary/aromatic N) is 2. The molecular weight excluding hydrogens is 324 g/mol. The van der Waals surface area contributed by atoms with Crippen LogP contribution in [-0.4, -0.2) is 44.8 Å². The summed E-state index contributed by atoms with van der Waals surface area (Å²) in [4.78, 5) is 0. The number of rotatable bonds is 4. The Hall–Kier alpha value is -1.42. The Labute approximate surface area is 144 Å². The molecule has 2 heterocycles. The second kappa shape index (κ2) is 7.22. The molecule has 2 aliphatic rings. The molecule has 0 aliphatic carbocycles.